The van der Waals surface area contributed by atoms with Crippen LogP contribution in [0, 0.1) is 0 Å². The molecule has 1 fully saturated rings. The van der Waals surface area contributed by atoms with Gasteiger partial charge in [-0.1, -0.05) is 0 Å². The van der Waals surface area contributed by atoms with E-state index in [-0.39, 0.29) is 16.8 Å². The van der Waals surface area contributed by atoms with Crippen molar-refractivity contribution >= 4 is 21.6 Å². The van der Waals surface area contributed by atoms with Crippen molar-refractivity contribution in [2.75, 3.05) is 31.5 Å². The summed E-state index contributed by atoms with van der Waals surface area (Å²) in [6.07, 6.45) is 3.90. The van der Waals surface area contributed by atoms with E-state index in [4.69, 9.17) is 9.15 Å². The molecule has 1 aromatic heterocycles. The van der Waals surface area contributed by atoms with Gasteiger partial charge in [0.25, 0.3) is 15.9 Å². The van der Waals surface area contributed by atoms with E-state index in [9.17, 15) is 13.2 Å². The van der Waals surface area contributed by atoms with E-state index < -0.39 is 10.0 Å². The fraction of sp³-hybridized carbons (Fsp3) is 0.292. The van der Waals surface area contributed by atoms with E-state index in [1.54, 1.807) is 37.6 Å². The zero-order chi connectivity index (χ0) is 23.3. The fourth-order valence-electron chi connectivity index (χ4n) is 3.89. The van der Waals surface area contributed by atoms with E-state index in [0.29, 0.717) is 23.5 Å². The Hall–Kier alpha value is -3.30. The third-order valence-corrected chi connectivity index (χ3v) is 7.08. The number of hydrogen-bond donors (Lipinski definition) is 2. The quantitative estimate of drug-likeness (QED) is 0.496. The molecule has 174 valence electrons. The lowest BCUT2D eigenvalue weighted by atomic mass is 10.1. The first-order valence-electron chi connectivity index (χ1n) is 10.8. The highest BCUT2D eigenvalue weighted by molar-refractivity contribution is 7.92. The summed E-state index contributed by atoms with van der Waals surface area (Å²) in [5.41, 5.74) is 0.807. The summed E-state index contributed by atoms with van der Waals surface area (Å²) < 4.78 is 38.5. The number of hydrogen-bond acceptors (Lipinski definition) is 6. The molecule has 0 aliphatic carbocycles. The van der Waals surface area contributed by atoms with Gasteiger partial charge >= 0.3 is 0 Å². The zero-order valence-corrected chi connectivity index (χ0v) is 19.2. The minimum Gasteiger partial charge on any atom is -0.497 e. The Kier molecular flexibility index (Phi) is 7.00. The summed E-state index contributed by atoms with van der Waals surface area (Å²) >= 11 is 0. The van der Waals surface area contributed by atoms with Crippen molar-refractivity contribution in [3.8, 4) is 5.75 Å². The van der Waals surface area contributed by atoms with Crippen molar-refractivity contribution in [2.45, 2.75) is 23.8 Å². The van der Waals surface area contributed by atoms with Gasteiger partial charge in [0.2, 0.25) is 0 Å². The number of likely N-dealkylation sites (tertiary alicyclic amines) is 1. The van der Waals surface area contributed by atoms with E-state index in [1.165, 1.54) is 24.3 Å². The molecule has 0 spiro atoms. The van der Waals surface area contributed by atoms with Gasteiger partial charge in [0, 0.05) is 17.8 Å². The van der Waals surface area contributed by atoms with Crippen LogP contribution in [0.5, 0.6) is 5.75 Å². The number of nitrogens with one attached hydrogen (secondary N) is 2. The molecule has 1 aliphatic heterocycles. The van der Waals surface area contributed by atoms with Crippen LogP contribution in [-0.4, -0.2) is 46.0 Å². The van der Waals surface area contributed by atoms with Crippen LogP contribution >= 0.6 is 0 Å². The smallest absolute Gasteiger partial charge is 0.261 e. The van der Waals surface area contributed by atoms with Crippen molar-refractivity contribution < 1.29 is 22.4 Å². The molecule has 2 aromatic carbocycles. The Bertz CT molecular complexity index is 1150. The normalized spacial score (nSPS) is 15.2. The summed E-state index contributed by atoms with van der Waals surface area (Å²) in [5.74, 6) is 1.19. The van der Waals surface area contributed by atoms with Crippen molar-refractivity contribution in [3.63, 3.8) is 0 Å². The maximum atomic E-state index is 12.7. The number of ether oxygens (including phenoxy) is 1. The van der Waals surface area contributed by atoms with Crippen LogP contribution in [-0.2, 0) is 10.0 Å². The molecule has 1 saturated heterocycles. The predicted octanol–water partition coefficient (Wildman–Crippen LogP) is 3.66. The van der Waals surface area contributed by atoms with E-state index in [1.807, 2.05) is 12.1 Å². The first-order valence-corrected chi connectivity index (χ1v) is 12.3. The molecule has 1 atom stereocenters. The highest BCUT2D eigenvalue weighted by Crippen LogP contribution is 2.25. The minimum atomic E-state index is -3.78. The van der Waals surface area contributed by atoms with Crippen LogP contribution in [0.15, 0.2) is 76.2 Å². The van der Waals surface area contributed by atoms with Gasteiger partial charge in [-0.25, -0.2) is 8.42 Å². The number of sulfonamides is 1. The molecule has 0 saturated carbocycles. The van der Waals surface area contributed by atoms with Gasteiger partial charge in [0.1, 0.15) is 11.5 Å². The average molecular weight is 470 g/mol. The standard InChI is InChI=1S/C24H27N3O5S/c1-31-20-10-8-19(9-11-20)26-33(29,30)21-12-6-18(7-13-21)24(28)25-17-22(23-5-4-16-32-23)27-14-2-3-15-27/h4-13,16,22,26H,2-3,14-15,17H2,1H3,(H,25,28). The van der Waals surface area contributed by atoms with Gasteiger partial charge in [0.05, 0.1) is 24.3 Å². The molecule has 9 heteroatoms. The molecule has 0 bridgehead atoms. The molecule has 8 nitrogen and oxygen atoms in total. The Morgan fingerprint density at radius 1 is 1.06 bits per heavy atom. The third-order valence-electron chi connectivity index (χ3n) is 5.68. The molecule has 1 unspecified atom stereocenters. The number of carbonyl (C=O) groups is 1. The number of anilines is 1. The second kappa shape index (κ2) is 10.1. The van der Waals surface area contributed by atoms with Crippen molar-refractivity contribution in [2.24, 2.45) is 0 Å². The average Bonchev–Trinajstić information content (AvgIpc) is 3.55. The van der Waals surface area contributed by atoms with Crippen LogP contribution in [0.4, 0.5) is 5.69 Å². The molecule has 2 heterocycles. The molecule has 4 rings (SSSR count). The predicted molar refractivity (Wildman–Crippen MR) is 125 cm³/mol. The molecule has 3 aromatic rings. The number of nitrogens with zero attached hydrogens (tertiary/aromatic N) is 1. The lowest BCUT2D eigenvalue weighted by Gasteiger charge is -2.26. The van der Waals surface area contributed by atoms with Crippen LogP contribution in [0.1, 0.15) is 35.0 Å². The number of benzene rings is 2. The lowest BCUT2D eigenvalue weighted by molar-refractivity contribution is 0.0933. The van der Waals surface area contributed by atoms with Crippen molar-refractivity contribution in [1.29, 1.82) is 0 Å². The monoisotopic (exact) mass is 469 g/mol. The second-order valence-electron chi connectivity index (χ2n) is 7.84. The minimum absolute atomic E-state index is 0.0280. The molecule has 0 radical (unpaired) electrons. The Balaban J connectivity index is 1.39. The number of furan rings is 1. The molecule has 1 amide bonds. The molecular weight excluding hydrogens is 442 g/mol. The Morgan fingerprint density at radius 3 is 2.36 bits per heavy atom. The first-order chi connectivity index (χ1) is 16.0. The lowest BCUT2D eigenvalue weighted by Crippen LogP contribution is -2.36. The van der Waals surface area contributed by atoms with Gasteiger partial charge in [-0.3, -0.25) is 14.4 Å². The molecule has 2 N–H and O–H groups in total. The van der Waals surface area contributed by atoms with Gasteiger partial charge in [-0.15, -0.1) is 0 Å². The number of rotatable bonds is 9. The van der Waals surface area contributed by atoms with E-state index in [2.05, 4.69) is 14.9 Å². The molecule has 33 heavy (non-hydrogen) atoms. The third kappa shape index (κ3) is 5.55. The molecule has 1 aliphatic rings. The summed E-state index contributed by atoms with van der Waals surface area (Å²) in [6.45, 7) is 2.34. The van der Waals surface area contributed by atoms with Crippen LogP contribution in [0.2, 0.25) is 0 Å². The number of methoxy groups -OCH3 is 1. The van der Waals surface area contributed by atoms with Gasteiger partial charge in [0.15, 0.2) is 0 Å². The van der Waals surface area contributed by atoms with E-state index in [0.717, 1.165) is 31.7 Å². The highest BCUT2D eigenvalue weighted by atomic mass is 32.2. The number of amides is 1. The topological polar surface area (TPSA) is 101 Å². The van der Waals surface area contributed by atoms with Crippen molar-refractivity contribution in [3.05, 3.63) is 78.3 Å². The van der Waals surface area contributed by atoms with Gasteiger partial charge < -0.3 is 14.5 Å². The molecular formula is C24H27N3O5S. The highest BCUT2D eigenvalue weighted by Gasteiger charge is 2.26. The first kappa shape index (κ1) is 22.9. The summed E-state index contributed by atoms with van der Waals surface area (Å²) in [6, 6.07) is 16.2. The fourth-order valence-corrected chi connectivity index (χ4v) is 4.95. The van der Waals surface area contributed by atoms with Crippen molar-refractivity contribution in [1.82, 2.24) is 10.2 Å². The largest absolute Gasteiger partial charge is 0.497 e. The van der Waals surface area contributed by atoms with Crippen LogP contribution in [0.3, 0.4) is 0 Å². The Labute approximate surface area is 193 Å². The zero-order valence-electron chi connectivity index (χ0n) is 18.4. The second-order valence-corrected chi connectivity index (χ2v) is 9.53. The Morgan fingerprint density at radius 2 is 1.76 bits per heavy atom. The maximum absolute atomic E-state index is 12.7. The summed E-state index contributed by atoms with van der Waals surface area (Å²) in [7, 11) is -2.24. The van der Waals surface area contributed by atoms with Gasteiger partial charge in [-0.2, -0.15) is 0 Å². The van der Waals surface area contributed by atoms with Crippen LogP contribution in [0.25, 0.3) is 0 Å². The van der Waals surface area contributed by atoms with E-state index >= 15 is 0 Å². The SMILES string of the molecule is COc1ccc(NS(=O)(=O)c2ccc(C(=O)NCC(c3ccco3)N3CCCC3)cc2)cc1. The summed E-state index contributed by atoms with van der Waals surface area (Å²) in [4.78, 5) is 15.1. The maximum Gasteiger partial charge on any atom is 0.261 e. The van der Waals surface area contributed by atoms with Crippen LogP contribution < -0.4 is 14.8 Å². The summed E-state index contributed by atoms with van der Waals surface area (Å²) in [5, 5.41) is 2.96. The number of carbonyl (C=O) groups excluding carboxylic acids is 1. The van der Waals surface area contributed by atoms with Gasteiger partial charge in [-0.05, 0) is 86.6 Å².